The molecule has 1 amide bonds. The maximum absolute atomic E-state index is 11.8. The molecule has 19 heavy (non-hydrogen) atoms. The van der Waals surface area contributed by atoms with E-state index in [-0.39, 0.29) is 30.3 Å². The molecule has 0 spiro atoms. The number of amides is 1. The molecule has 2 rings (SSSR count). The van der Waals surface area contributed by atoms with Crippen molar-refractivity contribution < 1.29 is 4.79 Å². The Bertz CT molecular complexity index is 414. The summed E-state index contributed by atoms with van der Waals surface area (Å²) in [5, 5.41) is 12.0. The second-order valence-corrected chi connectivity index (χ2v) is 5.79. The predicted octanol–water partition coefficient (Wildman–Crippen LogP) is 0.718. The molecule has 8 heteroatoms. The van der Waals surface area contributed by atoms with Gasteiger partial charge in [0.15, 0.2) is 0 Å². The number of nitrogens with one attached hydrogen (secondary N) is 1. The molecule has 1 heterocycles. The van der Waals surface area contributed by atoms with E-state index in [4.69, 9.17) is 11.5 Å². The summed E-state index contributed by atoms with van der Waals surface area (Å²) < 4.78 is 0. The fourth-order valence-corrected chi connectivity index (χ4v) is 2.87. The first-order valence-electron chi connectivity index (χ1n) is 6.26. The van der Waals surface area contributed by atoms with Gasteiger partial charge in [-0.15, -0.1) is 22.6 Å². The van der Waals surface area contributed by atoms with Crippen LogP contribution in [0.2, 0.25) is 0 Å². The number of anilines is 1. The van der Waals surface area contributed by atoms with E-state index in [1.54, 1.807) is 0 Å². The van der Waals surface area contributed by atoms with E-state index in [0.29, 0.717) is 11.7 Å². The summed E-state index contributed by atoms with van der Waals surface area (Å²) in [6, 6.07) is 0.199. The van der Waals surface area contributed by atoms with Crippen LogP contribution in [0.25, 0.3) is 0 Å². The number of carbonyl (C=O) groups excluding carboxylic acids is 1. The Morgan fingerprint density at radius 1 is 1.42 bits per heavy atom. The van der Waals surface area contributed by atoms with Gasteiger partial charge in [-0.3, -0.25) is 4.79 Å². The van der Waals surface area contributed by atoms with Gasteiger partial charge in [-0.25, -0.2) is 0 Å². The van der Waals surface area contributed by atoms with Crippen LogP contribution >= 0.6 is 23.7 Å². The number of nitrogens with zero attached hydrogens (tertiary/aromatic N) is 2. The number of hydrogen-bond acceptors (Lipinski definition) is 6. The third kappa shape index (κ3) is 4.93. The van der Waals surface area contributed by atoms with Crippen molar-refractivity contribution in [3.63, 3.8) is 0 Å². The van der Waals surface area contributed by atoms with E-state index in [0.717, 1.165) is 37.1 Å². The highest BCUT2D eigenvalue weighted by atomic mass is 35.5. The first-order valence-corrected chi connectivity index (χ1v) is 7.08. The molecule has 0 bridgehead atoms. The van der Waals surface area contributed by atoms with Gasteiger partial charge in [0.05, 0.1) is 0 Å². The summed E-state index contributed by atoms with van der Waals surface area (Å²) in [6.07, 6.45) is 4.36. The van der Waals surface area contributed by atoms with Crippen LogP contribution in [0.15, 0.2) is 0 Å². The van der Waals surface area contributed by atoms with Gasteiger partial charge < -0.3 is 16.8 Å². The average Bonchev–Trinajstić information content (AvgIpc) is 2.93. The number of halogens is 1. The molecule has 5 N–H and O–H groups in total. The Labute approximate surface area is 122 Å². The molecule has 1 aromatic heterocycles. The lowest BCUT2D eigenvalue weighted by atomic mass is 10.1. The highest BCUT2D eigenvalue weighted by Crippen LogP contribution is 2.23. The Morgan fingerprint density at radius 2 is 2.21 bits per heavy atom. The Morgan fingerprint density at radius 3 is 2.79 bits per heavy atom. The molecule has 2 atom stereocenters. The zero-order valence-corrected chi connectivity index (χ0v) is 12.3. The van der Waals surface area contributed by atoms with Crippen molar-refractivity contribution in [2.75, 3.05) is 12.3 Å². The smallest absolute Gasteiger partial charge is 0.223 e. The van der Waals surface area contributed by atoms with Crippen molar-refractivity contribution in [3.8, 4) is 0 Å². The highest BCUT2D eigenvalue weighted by molar-refractivity contribution is 7.15. The molecular formula is C11H20ClN5OS. The van der Waals surface area contributed by atoms with Crippen molar-refractivity contribution in [1.82, 2.24) is 15.5 Å². The van der Waals surface area contributed by atoms with Gasteiger partial charge in [-0.1, -0.05) is 11.3 Å². The van der Waals surface area contributed by atoms with Gasteiger partial charge >= 0.3 is 0 Å². The number of hydrogen-bond donors (Lipinski definition) is 3. The first kappa shape index (κ1) is 16.1. The summed E-state index contributed by atoms with van der Waals surface area (Å²) in [7, 11) is 0. The van der Waals surface area contributed by atoms with Gasteiger partial charge in [0.2, 0.25) is 11.0 Å². The summed E-state index contributed by atoms with van der Waals surface area (Å²) in [6.45, 7) is 0.671. The summed E-state index contributed by atoms with van der Waals surface area (Å²) >= 11 is 1.40. The maximum atomic E-state index is 11.8. The van der Waals surface area contributed by atoms with Crippen LogP contribution in [-0.2, 0) is 11.2 Å². The standard InChI is InChI=1S/C11H19N5OS.ClH/c12-8-4-3-7(6-8)10(17)14-5-1-2-9-15-16-11(13)18-9;/h7-8H,1-6,12H2,(H2,13,16)(H,14,17);1H/t7-,8+;/m0./s1. The minimum Gasteiger partial charge on any atom is -0.374 e. The number of rotatable bonds is 5. The zero-order valence-electron chi connectivity index (χ0n) is 10.7. The molecule has 6 nitrogen and oxygen atoms in total. The number of aryl methyl sites for hydroxylation is 1. The third-order valence-electron chi connectivity index (χ3n) is 3.19. The molecule has 0 radical (unpaired) electrons. The fourth-order valence-electron chi connectivity index (χ4n) is 2.22. The Balaban J connectivity index is 0.00000180. The average molecular weight is 306 g/mol. The van der Waals surface area contributed by atoms with Gasteiger partial charge in [-0.2, -0.15) is 0 Å². The minimum atomic E-state index is 0. The number of aromatic nitrogens is 2. The molecule has 0 unspecified atom stereocenters. The van der Waals surface area contributed by atoms with Gasteiger partial charge in [0.1, 0.15) is 5.01 Å². The molecule has 1 fully saturated rings. The van der Waals surface area contributed by atoms with Crippen LogP contribution < -0.4 is 16.8 Å². The molecule has 108 valence electrons. The van der Waals surface area contributed by atoms with Crippen molar-refractivity contribution >= 4 is 34.8 Å². The van der Waals surface area contributed by atoms with E-state index in [9.17, 15) is 4.79 Å². The molecule has 0 aromatic carbocycles. The van der Waals surface area contributed by atoms with Crippen molar-refractivity contribution in [1.29, 1.82) is 0 Å². The SMILES string of the molecule is Cl.Nc1nnc(CCCNC(=O)[C@H]2CC[C@@H](N)C2)s1. The second kappa shape index (κ2) is 7.62. The van der Waals surface area contributed by atoms with Crippen LogP contribution in [0, 0.1) is 5.92 Å². The van der Waals surface area contributed by atoms with E-state index < -0.39 is 0 Å². The maximum Gasteiger partial charge on any atom is 0.223 e. The number of nitrogen functional groups attached to an aromatic ring is 1. The van der Waals surface area contributed by atoms with Crippen molar-refractivity contribution in [2.24, 2.45) is 11.7 Å². The quantitative estimate of drug-likeness (QED) is 0.695. The molecule has 0 aliphatic heterocycles. The van der Waals surface area contributed by atoms with Gasteiger partial charge in [0.25, 0.3) is 0 Å². The van der Waals surface area contributed by atoms with Crippen LogP contribution in [-0.4, -0.2) is 28.7 Å². The largest absolute Gasteiger partial charge is 0.374 e. The highest BCUT2D eigenvalue weighted by Gasteiger charge is 2.27. The molecule has 0 saturated heterocycles. The first-order chi connectivity index (χ1) is 8.65. The van der Waals surface area contributed by atoms with E-state index in [1.165, 1.54) is 11.3 Å². The number of carbonyl (C=O) groups is 1. The normalized spacial score (nSPS) is 21.9. The third-order valence-corrected chi connectivity index (χ3v) is 4.01. The van der Waals surface area contributed by atoms with Crippen molar-refractivity contribution in [2.45, 2.75) is 38.1 Å². The monoisotopic (exact) mass is 305 g/mol. The molecular weight excluding hydrogens is 286 g/mol. The molecule has 1 saturated carbocycles. The lowest BCUT2D eigenvalue weighted by Gasteiger charge is -2.10. The summed E-state index contributed by atoms with van der Waals surface area (Å²) in [5.74, 6) is 0.247. The predicted molar refractivity (Wildman–Crippen MR) is 78.2 cm³/mol. The van der Waals surface area contributed by atoms with Crippen molar-refractivity contribution in [3.05, 3.63) is 5.01 Å². The van der Waals surface area contributed by atoms with Gasteiger partial charge in [-0.05, 0) is 25.7 Å². The van der Waals surface area contributed by atoms with Crippen LogP contribution in [0.1, 0.15) is 30.7 Å². The van der Waals surface area contributed by atoms with Crippen LogP contribution in [0.3, 0.4) is 0 Å². The lowest BCUT2D eigenvalue weighted by Crippen LogP contribution is -2.31. The Hall–Kier alpha value is -0.920. The van der Waals surface area contributed by atoms with Crippen LogP contribution in [0.5, 0.6) is 0 Å². The molecule has 1 aliphatic rings. The minimum absolute atomic E-state index is 0. The summed E-state index contributed by atoms with van der Waals surface area (Å²) in [4.78, 5) is 11.8. The van der Waals surface area contributed by atoms with E-state index in [1.807, 2.05) is 0 Å². The molecule has 1 aromatic rings. The second-order valence-electron chi connectivity index (χ2n) is 4.70. The van der Waals surface area contributed by atoms with Gasteiger partial charge in [0, 0.05) is 24.9 Å². The topological polar surface area (TPSA) is 107 Å². The fraction of sp³-hybridized carbons (Fsp3) is 0.727. The lowest BCUT2D eigenvalue weighted by molar-refractivity contribution is -0.124. The molecule has 1 aliphatic carbocycles. The Kier molecular flexibility index (Phi) is 6.47. The van der Waals surface area contributed by atoms with E-state index >= 15 is 0 Å². The van der Waals surface area contributed by atoms with E-state index in [2.05, 4.69) is 15.5 Å². The summed E-state index contributed by atoms with van der Waals surface area (Å²) in [5.41, 5.74) is 11.3. The zero-order chi connectivity index (χ0) is 13.0. The number of nitrogens with two attached hydrogens (primary N) is 2. The van der Waals surface area contributed by atoms with Crippen LogP contribution in [0.4, 0.5) is 5.13 Å².